The minimum Gasteiger partial charge on any atom is -0.386 e. The zero-order chi connectivity index (χ0) is 9.40. The maximum absolute atomic E-state index is 10.9. The first-order valence-electron chi connectivity index (χ1n) is 3.41. The molecule has 0 aromatic heterocycles. The molecule has 0 fully saturated rings. The lowest BCUT2D eigenvalue weighted by molar-refractivity contribution is -0.124. The third-order valence-electron chi connectivity index (χ3n) is 0.922. The van der Waals surface area contributed by atoms with Gasteiger partial charge in [-0.3, -0.25) is 4.79 Å². The van der Waals surface area contributed by atoms with E-state index in [4.69, 9.17) is 0 Å². The van der Waals surface area contributed by atoms with Crippen molar-refractivity contribution in [2.45, 2.75) is 6.92 Å². The van der Waals surface area contributed by atoms with Crippen LogP contribution in [0.1, 0.15) is 6.92 Å². The molecule has 1 amide bonds. The first-order valence-corrected chi connectivity index (χ1v) is 3.41. The zero-order valence-electron chi connectivity index (χ0n) is 7.04. The molecule has 0 aliphatic heterocycles. The molecule has 0 aliphatic rings. The van der Waals surface area contributed by atoms with Crippen LogP contribution in [0.25, 0.3) is 0 Å². The van der Waals surface area contributed by atoms with E-state index in [-0.39, 0.29) is 12.5 Å². The predicted molar refractivity (Wildman–Crippen MR) is 47.6 cm³/mol. The van der Waals surface area contributed by atoms with Crippen LogP contribution in [-0.4, -0.2) is 18.7 Å². The topological polar surface area (TPSA) is 50.7 Å². The Bertz CT molecular complexity index is 209. The van der Waals surface area contributed by atoms with Crippen molar-refractivity contribution >= 4 is 12.1 Å². The van der Waals surface area contributed by atoms with Crippen LogP contribution < -0.4 is 5.32 Å². The van der Waals surface area contributed by atoms with E-state index in [1.165, 1.54) is 12.3 Å². The van der Waals surface area contributed by atoms with Crippen LogP contribution in [0, 0.1) is 0 Å². The second-order valence-electron chi connectivity index (χ2n) is 1.91. The monoisotopic (exact) mass is 168 g/mol. The number of allylic oxidation sites excluding steroid dienone is 1. The van der Waals surface area contributed by atoms with Crippen molar-refractivity contribution < 1.29 is 9.63 Å². The van der Waals surface area contributed by atoms with Gasteiger partial charge in [0.05, 0.1) is 0 Å². The number of hydrogen-bond donors (Lipinski definition) is 1. The van der Waals surface area contributed by atoms with Crippen LogP contribution in [0.2, 0.25) is 0 Å². The van der Waals surface area contributed by atoms with Gasteiger partial charge in [-0.15, -0.1) is 0 Å². The fourth-order valence-corrected chi connectivity index (χ4v) is 0.437. The van der Waals surface area contributed by atoms with Crippen LogP contribution in [0.3, 0.4) is 0 Å². The van der Waals surface area contributed by atoms with Gasteiger partial charge in [0.25, 0.3) is 5.91 Å². The molecule has 4 nitrogen and oxygen atoms in total. The second-order valence-corrected chi connectivity index (χ2v) is 1.91. The molecule has 0 saturated heterocycles. The molecule has 0 radical (unpaired) electrons. The quantitative estimate of drug-likeness (QED) is 0.375. The summed E-state index contributed by atoms with van der Waals surface area (Å²) in [5.74, 6) is -0.300. The van der Waals surface area contributed by atoms with E-state index < -0.39 is 0 Å². The van der Waals surface area contributed by atoms with Crippen molar-refractivity contribution in [3.8, 4) is 0 Å². The maximum Gasteiger partial charge on any atom is 0.265 e. The maximum atomic E-state index is 10.9. The molecular weight excluding hydrogens is 156 g/mol. The highest BCUT2D eigenvalue weighted by atomic mass is 16.6. The molecular formula is C8H12N2O2. The summed E-state index contributed by atoms with van der Waals surface area (Å²) in [5.41, 5.74) is 0.448. The molecule has 1 N–H and O–H groups in total. The Labute approximate surface area is 71.6 Å². The average molecular weight is 168 g/mol. The summed E-state index contributed by atoms with van der Waals surface area (Å²) in [5, 5.41) is 5.84. The number of nitrogens with one attached hydrogen (secondary N) is 1. The highest BCUT2D eigenvalue weighted by Gasteiger charge is 1.99. The Morgan fingerprint density at radius 3 is 2.92 bits per heavy atom. The van der Waals surface area contributed by atoms with E-state index in [2.05, 4.69) is 28.5 Å². The lowest BCUT2D eigenvalue weighted by Crippen LogP contribution is -2.24. The lowest BCUT2D eigenvalue weighted by atomic mass is 10.4. The van der Waals surface area contributed by atoms with E-state index in [0.717, 1.165) is 0 Å². The Balaban J connectivity index is 3.59. The van der Waals surface area contributed by atoms with Crippen molar-refractivity contribution in [3.05, 3.63) is 24.9 Å². The summed E-state index contributed by atoms with van der Waals surface area (Å²) in [6.45, 7) is 8.50. The molecule has 0 aliphatic carbocycles. The molecule has 0 rings (SSSR count). The van der Waals surface area contributed by atoms with Crippen LogP contribution >= 0.6 is 0 Å². The fraction of sp³-hybridized carbons (Fsp3) is 0.250. The first kappa shape index (κ1) is 10.4. The van der Waals surface area contributed by atoms with Crippen molar-refractivity contribution in [2.24, 2.45) is 5.16 Å². The Hall–Kier alpha value is -1.58. The highest BCUT2D eigenvalue weighted by molar-refractivity contribution is 5.79. The van der Waals surface area contributed by atoms with E-state index in [9.17, 15) is 4.79 Å². The number of carbonyl (C=O) groups excluding carboxylic acids is 1. The zero-order valence-corrected chi connectivity index (χ0v) is 7.04. The third-order valence-corrected chi connectivity index (χ3v) is 0.922. The summed E-state index contributed by atoms with van der Waals surface area (Å²) in [6.07, 6.45) is 2.90. The van der Waals surface area contributed by atoms with Gasteiger partial charge in [-0.25, -0.2) is 0 Å². The largest absolute Gasteiger partial charge is 0.386 e. The minimum absolute atomic E-state index is 0.114. The van der Waals surface area contributed by atoms with Gasteiger partial charge >= 0.3 is 0 Å². The first-order chi connectivity index (χ1) is 5.70. The standard InChI is InChI=1S/C8H12N2O2/c1-4-7(3)10-8(11)6-12-9-5-2/h4-5H,1,3,6H2,2H3,(H,10,11)/b9-5+. The molecule has 12 heavy (non-hydrogen) atoms. The van der Waals surface area contributed by atoms with Crippen LogP contribution in [-0.2, 0) is 9.63 Å². The van der Waals surface area contributed by atoms with Crippen molar-refractivity contribution in [1.29, 1.82) is 0 Å². The van der Waals surface area contributed by atoms with Crippen LogP contribution in [0.4, 0.5) is 0 Å². The number of oxime groups is 1. The van der Waals surface area contributed by atoms with Crippen LogP contribution in [0.15, 0.2) is 30.1 Å². The third kappa shape index (κ3) is 5.22. The van der Waals surface area contributed by atoms with Crippen molar-refractivity contribution in [1.82, 2.24) is 5.32 Å². The number of nitrogens with zero attached hydrogens (tertiary/aromatic N) is 1. The van der Waals surface area contributed by atoms with Crippen LogP contribution in [0.5, 0.6) is 0 Å². The lowest BCUT2D eigenvalue weighted by Gasteiger charge is -2.01. The summed E-state index contributed by atoms with van der Waals surface area (Å²) in [7, 11) is 0. The normalized spacial score (nSPS) is 9.42. The molecule has 0 bridgehead atoms. The number of rotatable bonds is 5. The predicted octanol–water partition coefficient (Wildman–Crippen LogP) is 0.825. The van der Waals surface area contributed by atoms with E-state index in [1.807, 2.05) is 0 Å². The van der Waals surface area contributed by atoms with Gasteiger partial charge in [0.15, 0.2) is 6.61 Å². The van der Waals surface area contributed by atoms with Gasteiger partial charge in [-0.2, -0.15) is 0 Å². The van der Waals surface area contributed by atoms with Gasteiger partial charge in [-0.1, -0.05) is 18.3 Å². The fourth-order valence-electron chi connectivity index (χ4n) is 0.437. The molecule has 0 aromatic carbocycles. The molecule has 0 heterocycles. The average Bonchev–Trinajstić information content (AvgIpc) is 2.05. The smallest absolute Gasteiger partial charge is 0.265 e. The van der Waals surface area contributed by atoms with Gasteiger partial charge in [-0.05, 0) is 13.0 Å². The summed E-state index contributed by atoms with van der Waals surface area (Å²) >= 11 is 0. The molecule has 0 spiro atoms. The molecule has 66 valence electrons. The summed E-state index contributed by atoms with van der Waals surface area (Å²) in [4.78, 5) is 15.4. The summed E-state index contributed by atoms with van der Waals surface area (Å²) in [6, 6.07) is 0. The molecule has 0 aromatic rings. The van der Waals surface area contributed by atoms with Gasteiger partial charge in [0.2, 0.25) is 0 Å². The van der Waals surface area contributed by atoms with Gasteiger partial charge in [0, 0.05) is 11.9 Å². The Morgan fingerprint density at radius 1 is 1.75 bits per heavy atom. The minimum atomic E-state index is -0.300. The van der Waals surface area contributed by atoms with E-state index in [1.54, 1.807) is 6.92 Å². The number of amides is 1. The van der Waals surface area contributed by atoms with Gasteiger partial charge in [0.1, 0.15) is 0 Å². The summed E-state index contributed by atoms with van der Waals surface area (Å²) < 4.78 is 0. The number of carbonyl (C=O) groups is 1. The Morgan fingerprint density at radius 2 is 2.42 bits per heavy atom. The van der Waals surface area contributed by atoms with Crippen molar-refractivity contribution in [3.63, 3.8) is 0 Å². The van der Waals surface area contributed by atoms with E-state index >= 15 is 0 Å². The van der Waals surface area contributed by atoms with E-state index in [0.29, 0.717) is 5.70 Å². The van der Waals surface area contributed by atoms with Crippen molar-refractivity contribution in [2.75, 3.05) is 6.61 Å². The second kappa shape index (κ2) is 6.15. The molecule has 0 unspecified atom stereocenters. The number of hydrogen-bond acceptors (Lipinski definition) is 3. The molecule has 0 atom stereocenters. The highest BCUT2D eigenvalue weighted by Crippen LogP contribution is 1.84. The SMILES string of the molecule is C=CC(=C)NC(=O)CO/N=C/C. The molecule has 4 heteroatoms. The Kier molecular flexibility index (Phi) is 5.34. The molecule has 0 saturated carbocycles. The van der Waals surface area contributed by atoms with Gasteiger partial charge < -0.3 is 10.2 Å².